The average molecular weight is 481 g/mol. The number of rotatable bonds is 7. The summed E-state index contributed by atoms with van der Waals surface area (Å²) in [5.74, 6) is 0.299. The van der Waals surface area contributed by atoms with Crippen molar-refractivity contribution in [2.24, 2.45) is 5.10 Å². The third-order valence-corrected chi connectivity index (χ3v) is 4.20. The molecule has 2 N–H and O–H groups in total. The van der Waals surface area contributed by atoms with Gasteiger partial charge < -0.3 is 14.8 Å². The van der Waals surface area contributed by atoms with E-state index in [1.807, 2.05) is 24.3 Å². The molecule has 0 aliphatic heterocycles. The summed E-state index contributed by atoms with van der Waals surface area (Å²) in [4.78, 5) is 24.4. The van der Waals surface area contributed by atoms with Crippen molar-refractivity contribution in [2.45, 2.75) is 13.3 Å². The van der Waals surface area contributed by atoms with Crippen LogP contribution in [-0.4, -0.2) is 31.7 Å². The largest absolute Gasteiger partial charge is 0.497 e. The first-order valence-corrected chi connectivity index (χ1v) is 9.11. The number of nitrogens with one attached hydrogen (secondary N) is 2. The zero-order valence-electron chi connectivity index (χ0n) is 15.2. The first-order chi connectivity index (χ1) is 12.9. The highest BCUT2D eigenvalue weighted by Crippen LogP contribution is 2.24. The molecule has 0 aliphatic rings. The number of carbonyl (C=O) groups excluding carboxylic acids is 2. The number of benzene rings is 2. The Balaban J connectivity index is 1.96. The number of nitrogens with zero attached hydrogens (tertiary/aromatic N) is 1. The standard InChI is InChI=1S/C19H20IN3O4/c1-12(9-18(24)21-14-6-4-5-13(20)10-14)22-23-19(25)16-8-7-15(26-2)11-17(16)27-3/h4-8,10-11H,9H2,1-3H3,(H,21,24)(H,23,25)/b22-12-. The Morgan fingerprint density at radius 3 is 2.56 bits per heavy atom. The van der Waals surface area contributed by atoms with Crippen LogP contribution in [-0.2, 0) is 4.79 Å². The highest BCUT2D eigenvalue weighted by Gasteiger charge is 2.13. The minimum atomic E-state index is -0.438. The third-order valence-electron chi connectivity index (χ3n) is 3.53. The van der Waals surface area contributed by atoms with Crippen LogP contribution in [0.15, 0.2) is 47.6 Å². The molecule has 0 aliphatic carbocycles. The molecule has 0 unspecified atom stereocenters. The third kappa shape index (κ3) is 6.24. The normalized spacial score (nSPS) is 10.9. The Kier molecular flexibility index (Phi) is 7.59. The highest BCUT2D eigenvalue weighted by atomic mass is 127. The van der Waals surface area contributed by atoms with Crippen LogP contribution < -0.4 is 20.2 Å². The van der Waals surface area contributed by atoms with Gasteiger partial charge in [0.25, 0.3) is 5.91 Å². The number of ether oxygens (including phenoxy) is 2. The quantitative estimate of drug-likeness (QED) is 0.360. The lowest BCUT2D eigenvalue weighted by atomic mass is 10.2. The van der Waals surface area contributed by atoms with Gasteiger partial charge in [-0.3, -0.25) is 9.59 Å². The van der Waals surface area contributed by atoms with E-state index in [2.05, 4.69) is 38.4 Å². The molecule has 2 amide bonds. The second kappa shape index (κ2) is 9.91. The maximum absolute atomic E-state index is 12.3. The molecule has 27 heavy (non-hydrogen) atoms. The molecule has 8 heteroatoms. The molecule has 2 aromatic rings. The average Bonchev–Trinajstić information content (AvgIpc) is 2.65. The molecule has 0 saturated carbocycles. The molecule has 2 aromatic carbocycles. The fourth-order valence-electron chi connectivity index (χ4n) is 2.24. The van der Waals surface area contributed by atoms with E-state index in [9.17, 15) is 9.59 Å². The molecular formula is C19H20IN3O4. The summed E-state index contributed by atoms with van der Waals surface area (Å²) >= 11 is 2.17. The Hall–Kier alpha value is -2.62. The summed E-state index contributed by atoms with van der Waals surface area (Å²) in [6.45, 7) is 1.67. The van der Waals surface area contributed by atoms with Crippen LogP contribution in [0.4, 0.5) is 5.69 Å². The van der Waals surface area contributed by atoms with Gasteiger partial charge in [-0.25, -0.2) is 5.43 Å². The summed E-state index contributed by atoms with van der Waals surface area (Å²) in [5.41, 5.74) is 3.94. The molecule has 7 nitrogen and oxygen atoms in total. The second-order valence-electron chi connectivity index (χ2n) is 5.59. The van der Waals surface area contributed by atoms with Crippen molar-refractivity contribution in [3.8, 4) is 11.5 Å². The molecule has 0 radical (unpaired) electrons. The van der Waals surface area contributed by atoms with Gasteiger partial charge in [-0.15, -0.1) is 0 Å². The topological polar surface area (TPSA) is 89.0 Å². The molecular weight excluding hydrogens is 461 g/mol. The number of methoxy groups -OCH3 is 2. The highest BCUT2D eigenvalue weighted by molar-refractivity contribution is 14.1. The van der Waals surface area contributed by atoms with Gasteiger partial charge in [0.1, 0.15) is 11.5 Å². The molecule has 0 spiro atoms. The number of carbonyl (C=O) groups is 2. The molecule has 0 saturated heterocycles. The van der Waals surface area contributed by atoms with Crippen LogP contribution in [0, 0.1) is 3.57 Å². The van der Waals surface area contributed by atoms with Crippen molar-refractivity contribution < 1.29 is 19.1 Å². The lowest BCUT2D eigenvalue weighted by Crippen LogP contribution is -2.22. The van der Waals surface area contributed by atoms with Crippen molar-refractivity contribution in [1.29, 1.82) is 0 Å². The van der Waals surface area contributed by atoms with Gasteiger partial charge in [0.2, 0.25) is 5.91 Å². The lowest BCUT2D eigenvalue weighted by molar-refractivity contribution is -0.115. The van der Waals surface area contributed by atoms with Gasteiger partial charge in [-0.2, -0.15) is 5.10 Å². The van der Waals surface area contributed by atoms with Gasteiger partial charge >= 0.3 is 0 Å². The number of hydrogen-bond acceptors (Lipinski definition) is 5. The van der Waals surface area contributed by atoms with E-state index < -0.39 is 5.91 Å². The summed E-state index contributed by atoms with van der Waals surface area (Å²) in [7, 11) is 3.00. The number of halogens is 1. The molecule has 142 valence electrons. The smallest absolute Gasteiger partial charge is 0.275 e. The lowest BCUT2D eigenvalue weighted by Gasteiger charge is -2.09. The van der Waals surface area contributed by atoms with Gasteiger partial charge in [0.05, 0.1) is 26.2 Å². The Bertz CT molecular complexity index is 868. The number of anilines is 1. The number of hydrazone groups is 1. The fourth-order valence-corrected chi connectivity index (χ4v) is 2.78. The van der Waals surface area contributed by atoms with Crippen LogP contribution >= 0.6 is 22.6 Å². The Morgan fingerprint density at radius 2 is 1.89 bits per heavy atom. The predicted octanol–water partition coefficient (Wildman–Crippen LogP) is 3.44. The van der Waals surface area contributed by atoms with E-state index >= 15 is 0 Å². The van der Waals surface area contributed by atoms with Crippen molar-refractivity contribution >= 4 is 45.8 Å². The van der Waals surface area contributed by atoms with Crippen molar-refractivity contribution in [1.82, 2.24) is 5.43 Å². The molecule has 0 bridgehead atoms. The van der Waals surface area contributed by atoms with Crippen LogP contribution in [0.5, 0.6) is 11.5 Å². The zero-order chi connectivity index (χ0) is 19.8. The number of amides is 2. The van der Waals surface area contributed by atoms with Crippen molar-refractivity contribution in [3.05, 3.63) is 51.6 Å². The minimum Gasteiger partial charge on any atom is -0.497 e. The monoisotopic (exact) mass is 481 g/mol. The Morgan fingerprint density at radius 1 is 1.11 bits per heavy atom. The second-order valence-corrected chi connectivity index (χ2v) is 6.84. The maximum atomic E-state index is 12.3. The van der Waals surface area contributed by atoms with Crippen LogP contribution in [0.25, 0.3) is 0 Å². The first kappa shape index (κ1) is 20.7. The number of hydrogen-bond donors (Lipinski definition) is 2. The van der Waals surface area contributed by atoms with Crippen LogP contribution in [0.2, 0.25) is 0 Å². The molecule has 0 atom stereocenters. The molecule has 2 rings (SSSR count). The molecule has 0 heterocycles. The van der Waals surface area contributed by atoms with Gasteiger partial charge in [-0.1, -0.05) is 6.07 Å². The molecule has 0 aromatic heterocycles. The zero-order valence-corrected chi connectivity index (χ0v) is 17.4. The van der Waals surface area contributed by atoms with Crippen LogP contribution in [0.1, 0.15) is 23.7 Å². The van der Waals surface area contributed by atoms with E-state index in [4.69, 9.17) is 9.47 Å². The van der Waals surface area contributed by atoms with Crippen LogP contribution in [0.3, 0.4) is 0 Å². The fraction of sp³-hybridized carbons (Fsp3) is 0.211. The van der Waals surface area contributed by atoms with E-state index in [1.165, 1.54) is 14.2 Å². The van der Waals surface area contributed by atoms with E-state index in [1.54, 1.807) is 25.1 Å². The van der Waals surface area contributed by atoms with E-state index in [-0.39, 0.29) is 12.3 Å². The maximum Gasteiger partial charge on any atom is 0.275 e. The van der Waals surface area contributed by atoms with E-state index in [0.717, 1.165) is 3.57 Å². The van der Waals surface area contributed by atoms with Gasteiger partial charge in [-0.05, 0) is 59.8 Å². The van der Waals surface area contributed by atoms with E-state index in [0.29, 0.717) is 28.5 Å². The molecule has 0 fully saturated rings. The summed E-state index contributed by atoms with van der Waals surface area (Å²) in [6, 6.07) is 12.3. The first-order valence-electron chi connectivity index (χ1n) is 8.04. The predicted molar refractivity (Wildman–Crippen MR) is 113 cm³/mol. The van der Waals surface area contributed by atoms with Crippen molar-refractivity contribution in [2.75, 3.05) is 19.5 Å². The minimum absolute atomic E-state index is 0.0610. The summed E-state index contributed by atoms with van der Waals surface area (Å²) in [5, 5.41) is 6.78. The van der Waals surface area contributed by atoms with Gasteiger partial charge in [0.15, 0.2) is 0 Å². The SMILES string of the molecule is COc1ccc(C(=O)N/N=C(/C)CC(=O)Nc2cccc(I)c2)c(OC)c1. The summed E-state index contributed by atoms with van der Waals surface area (Å²) < 4.78 is 11.3. The Labute approximate surface area is 171 Å². The van der Waals surface area contributed by atoms with Gasteiger partial charge in [0, 0.05) is 21.0 Å². The summed E-state index contributed by atoms with van der Waals surface area (Å²) in [6.07, 6.45) is 0.0610. The van der Waals surface area contributed by atoms with Crippen molar-refractivity contribution in [3.63, 3.8) is 0 Å².